The van der Waals surface area contributed by atoms with Gasteiger partial charge in [0.2, 0.25) is 11.8 Å². The Bertz CT molecular complexity index is 1500. The van der Waals surface area contributed by atoms with E-state index in [1.54, 1.807) is 30.3 Å². The molecule has 0 saturated heterocycles. The Morgan fingerprint density at radius 1 is 0.891 bits per heavy atom. The van der Waals surface area contributed by atoms with Crippen LogP contribution in [0.5, 0.6) is 5.75 Å². The lowest BCUT2D eigenvalue weighted by atomic mass is 9.82. The highest BCUT2D eigenvalue weighted by molar-refractivity contribution is 5.93. The molecule has 1 heterocycles. The fourth-order valence-electron chi connectivity index (χ4n) is 5.92. The molecular weight excluding hydrogens is 720 g/mol. The normalized spacial score (nSPS) is 14.0. The first kappa shape index (κ1) is 47.1. The van der Waals surface area contributed by atoms with Crippen molar-refractivity contribution >= 4 is 17.8 Å². The van der Waals surface area contributed by atoms with Crippen molar-refractivity contribution in [2.45, 2.75) is 141 Å². The zero-order valence-electron chi connectivity index (χ0n) is 33.1. The molecule has 2 N–H and O–H groups in total. The lowest BCUT2D eigenvalue weighted by Crippen LogP contribution is -2.55. The van der Waals surface area contributed by atoms with Crippen molar-refractivity contribution < 1.29 is 56.1 Å². The molecular formula is C41H61F2NO11. The number of carbonyl (C=O) groups excluding carboxylic acids is 3. The summed E-state index contributed by atoms with van der Waals surface area (Å²) in [5.41, 5.74) is -1.82. The Morgan fingerprint density at radius 3 is 2.15 bits per heavy atom. The van der Waals surface area contributed by atoms with Gasteiger partial charge in [0.05, 0.1) is 19.6 Å². The molecule has 1 aromatic heterocycles. The van der Waals surface area contributed by atoms with Crippen LogP contribution in [-0.2, 0) is 41.6 Å². The number of esters is 2. The number of halogens is 2. The minimum absolute atomic E-state index is 0.0294. The molecule has 55 heavy (non-hydrogen) atoms. The fraction of sp³-hybridized carbons (Fsp3) is 0.659. The number of unbranched alkanes of at least 4 members (excludes halogenated alkanes) is 8. The molecule has 0 aliphatic heterocycles. The van der Waals surface area contributed by atoms with Gasteiger partial charge in [0.1, 0.15) is 11.8 Å². The lowest BCUT2D eigenvalue weighted by Gasteiger charge is -2.32. The number of allylic oxidation sites excluding steroid dienone is 1. The summed E-state index contributed by atoms with van der Waals surface area (Å²) >= 11 is 0. The molecule has 14 heteroatoms. The summed E-state index contributed by atoms with van der Waals surface area (Å²) < 4.78 is 59.5. The molecule has 0 radical (unpaired) electrons. The van der Waals surface area contributed by atoms with E-state index in [2.05, 4.69) is 12.2 Å². The third-order valence-electron chi connectivity index (χ3n) is 9.33. The van der Waals surface area contributed by atoms with E-state index in [1.807, 2.05) is 6.92 Å². The van der Waals surface area contributed by atoms with E-state index in [9.17, 15) is 33.1 Å². The number of alkyl halides is 2. The average Bonchev–Trinajstić information content (AvgIpc) is 3.49. The number of carbonyl (C=O) groups is 3. The molecule has 0 aliphatic carbocycles. The topological polar surface area (TPSA) is 164 Å². The first-order chi connectivity index (χ1) is 26.3. The summed E-state index contributed by atoms with van der Waals surface area (Å²) in [6, 6.07) is 5.85. The van der Waals surface area contributed by atoms with E-state index in [0.29, 0.717) is 56.4 Å². The van der Waals surface area contributed by atoms with Gasteiger partial charge in [0.15, 0.2) is 23.7 Å². The molecule has 0 fully saturated rings. The van der Waals surface area contributed by atoms with Crippen LogP contribution in [0.4, 0.5) is 8.78 Å². The fourth-order valence-corrected chi connectivity index (χ4v) is 5.92. The van der Waals surface area contributed by atoms with E-state index in [4.69, 9.17) is 27.8 Å². The van der Waals surface area contributed by atoms with E-state index in [0.717, 1.165) is 32.1 Å². The van der Waals surface area contributed by atoms with Crippen LogP contribution in [0.25, 0.3) is 0 Å². The Morgan fingerprint density at radius 2 is 1.55 bits per heavy atom. The van der Waals surface area contributed by atoms with Gasteiger partial charge in [-0.1, -0.05) is 76.7 Å². The maximum Gasteiger partial charge on any atom is 0.519 e. The minimum Gasteiger partial charge on any atom is -0.494 e. The number of aryl methyl sites for hydroxylation is 1. The summed E-state index contributed by atoms with van der Waals surface area (Å²) in [5.74, 6) is -7.43. The third kappa shape index (κ3) is 17.1. The molecule has 2 aromatic rings. The number of methoxy groups -OCH3 is 2. The van der Waals surface area contributed by atoms with Gasteiger partial charge in [0, 0.05) is 39.4 Å². The van der Waals surface area contributed by atoms with Gasteiger partial charge in [-0.3, -0.25) is 4.79 Å². The highest BCUT2D eigenvalue weighted by Gasteiger charge is 2.48. The lowest BCUT2D eigenvalue weighted by molar-refractivity contribution is -0.176. The molecule has 1 aromatic carbocycles. The second kappa shape index (κ2) is 25.2. The van der Waals surface area contributed by atoms with Crippen LogP contribution in [-0.4, -0.2) is 68.0 Å². The van der Waals surface area contributed by atoms with Crippen LogP contribution < -0.4 is 15.9 Å². The predicted octanol–water partition coefficient (Wildman–Crippen LogP) is 7.55. The van der Waals surface area contributed by atoms with Crippen molar-refractivity contribution in [3.05, 3.63) is 64.1 Å². The molecule has 310 valence electrons. The molecule has 2 rings (SSSR count). The number of hydrogen-bond donors (Lipinski definition) is 2. The van der Waals surface area contributed by atoms with E-state index in [1.165, 1.54) is 27.2 Å². The minimum atomic E-state index is -2.68. The molecule has 0 unspecified atom stereocenters. The van der Waals surface area contributed by atoms with E-state index in [-0.39, 0.29) is 43.8 Å². The number of ether oxygens (including phenoxy) is 4. The smallest absolute Gasteiger partial charge is 0.494 e. The molecule has 12 nitrogen and oxygen atoms in total. The largest absolute Gasteiger partial charge is 0.519 e. The van der Waals surface area contributed by atoms with Crippen LogP contribution in [0.3, 0.4) is 0 Å². The first-order valence-electron chi connectivity index (χ1n) is 19.4. The monoisotopic (exact) mass is 781 g/mol. The number of aliphatic hydroxyl groups is 1. The highest BCUT2D eigenvalue weighted by atomic mass is 19.3. The van der Waals surface area contributed by atoms with Crippen molar-refractivity contribution in [1.29, 1.82) is 0 Å². The predicted molar refractivity (Wildman–Crippen MR) is 202 cm³/mol. The number of nitrogens with one attached hydrogen (secondary N) is 1. The van der Waals surface area contributed by atoms with Gasteiger partial charge >= 0.3 is 17.8 Å². The summed E-state index contributed by atoms with van der Waals surface area (Å²) in [7, 11) is 2.54. The van der Waals surface area contributed by atoms with Crippen LogP contribution in [0.15, 0.2) is 50.0 Å². The second-order valence-corrected chi connectivity index (χ2v) is 13.8. The van der Waals surface area contributed by atoms with Gasteiger partial charge in [-0.05, 0) is 56.7 Å². The summed E-state index contributed by atoms with van der Waals surface area (Å²) in [6.07, 6.45) is 10.2. The Kier molecular flexibility index (Phi) is 21.6. The SMILES string of the molecule is CCCCCCC(F)(F)CCCCCCC=C[C@H](C(=O)N[C@@H](Cc1ccc(OCCCC)cc1)C(=O)OC)[C@@](O)(CCOC)C(=O)OCc1oc(=O)oc1C. The van der Waals surface area contributed by atoms with Crippen LogP contribution in [0.1, 0.15) is 121 Å². The van der Waals surface area contributed by atoms with Crippen molar-refractivity contribution in [3.63, 3.8) is 0 Å². The molecule has 0 spiro atoms. The van der Waals surface area contributed by atoms with Crippen molar-refractivity contribution in [2.24, 2.45) is 5.92 Å². The summed E-state index contributed by atoms with van der Waals surface area (Å²) in [5, 5.41) is 14.6. The van der Waals surface area contributed by atoms with Gasteiger partial charge in [-0.2, -0.15) is 0 Å². The van der Waals surface area contributed by atoms with Gasteiger partial charge in [0.25, 0.3) is 0 Å². The van der Waals surface area contributed by atoms with E-state index < -0.39 is 53.8 Å². The van der Waals surface area contributed by atoms with Gasteiger partial charge in [-0.15, -0.1) is 0 Å². The zero-order chi connectivity index (χ0) is 40.7. The van der Waals surface area contributed by atoms with Crippen molar-refractivity contribution in [3.8, 4) is 5.75 Å². The maximum absolute atomic E-state index is 14.3. The maximum atomic E-state index is 14.3. The number of rotatable bonds is 29. The Balaban J connectivity index is 2.24. The van der Waals surface area contributed by atoms with Gasteiger partial charge < -0.3 is 38.2 Å². The number of hydrogen-bond acceptors (Lipinski definition) is 11. The highest BCUT2D eigenvalue weighted by Crippen LogP contribution is 2.30. The molecule has 0 bridgehead atoms. The van der Waals surface area contributed by atoms with Crippen molar-refractivity contribution in [2.75, 3.05) is 27.4 Å². The number of amides is 1. The van der Waals surface area contributed by atoms with Crippen LogP contribution in [0.2, 0.25) is 0 Å². The molecule has 1 amide bonds. The average molecular weight is 782 g/mol. The zero-order valence-corrected chi connectivity index (χ0v) is 33.1. The number of benzene rings is 1. The summed E-state index contributed by atoms with van der Waals surface area (Å²) in [4.78, 5) is 52.2. The summed E-state index contributed by atoms with van der Waals surface area (Å²) in [6.45, 7) is 5.38. The third-order valence-corrected chi connectivity index (χ3v) is 9.33. The van der Waals surface area contributed by atoms with Gasteiger partial charge in [-0.25, -0.2) is 23.2 Å². The molecule has 0 saturated carbocycles. The van der Waals surface area contributed by atoms with Crippen LogP contribution >= 0.6 is 0 Å². The molecule has 0 aliphatic rings. The Labute approximate surface area is 323 Å². The first-order valence-corrected chi connectivity index (χ1v) is 19.4. The quantitative estimate of drug-likeness (QED) is 0.0476. The van der Waals surface area contributed by atoms with Crippen LogP contribution in [0, 0.1) is 12.8 Å². The second-order valence-electron chi connectivity index (χ2n) is 13.8. The standard InChI is InChI=1S/C41H61F2NO11/c1-6-8-10-16-23-40(42,43)24-17-14-12-11-13-15-18-33(41(49,25-27-50-4)38(47)53-29-35-30(3)54-39(48)55-35)36(45)44-34(37(46)51-5)28-31-19-21-32(22-20-31)52-26-9-7-2/h15,18-22,33-34,49H,6-14,16-17,23-29H2,1-5H3,(H,44,45)/t33-,34+,41+/m1/s1. The van der Waals surface area contributed by atoms with E-state index >= 15 is 0 Å². The van der Waals surface area contributed by atoms with Crippen molar-refractivity contribution in [1.82, 2.24) is 5.32 Å². The molecule has 3 atom stereocenters. The Hall–Kier alpha value is -4.04.